The summed E-state index contributed by atoms with van der Waals surface area (Å²) in [4.78, 5) is 2.40. The Morgan fingerprint density at radius 2 is 1.05 bits per heavy atom. The highest BCUT2D eigenvalue weighted by molar-refractivity contribution is 7.26. The molecule has 64 heavy (non-hydrogen) atoms. The van der Waals surface area contributed by atoms with E-state index in [1.54, 1.807) is 0 Å². The molecule has 10 aromatic carbocycles. The Bertz CT molecular complexity index is 3810. The van der Waals surface area contributed by atoms with Crippen molar-refractivity contribution in [2.24, 2.45) is 0 Å². The summed E-state index contributed by atoms with van der Waals surface area (Å²) >= 11 is 1.88. The molecule has 0 atom stereocenters. The fraction of sp³-hybridized carbons (Fsp3) is 0.0492. The number of thiophene rings is 1. The highest BCUT2D eigenvalue weighted by Gasteiger charge is 2.37. The van der Waals surface area contributed by atoms with Crippen molar-refractivity contribution in [3.8, 4) is 44.5 Å². The molecule has 2 aromatic heterocycles. The summed E-state index contributed by atoms with van der Waals surface area (Å²) in [5, 5.41) is 7.20. The first-order valence-electron chi connectivity index (χ1n) is 22.1. The van der Waals surface area contributed by atoms with Crippen LogP contribution in [0.25, 0.3) is 97.4 Å². The zero-order chi connectivity index (χ0) is 42.5. The second-order valence-electron chi connectivity index (χ2n) is 17.6. The topological polar surface area (TPSA) is 16.4 Å². The minimum atomic E-state index is -0.105. The van der Waals surface area contributed by atoms with Gasteiger partial charge in [0, 0.05) is 58.8 Å². The van der Waals surface area contributed by atoms with Gasteiger partial charge in [0.2, 0.25) is 0 Å². The van der Waals surface area contributed by atoms with Crippen molar-refractivity contribution in [2.45, 2.75) is 19.3 Å². The van der Waals surface area contributed by atoms with Crippen molar-refractivity contribution >= 4 is 81.3 Å². The lowest BCUT2D eigenvalue weighted by Crippen LogP contribution is -2.16. The smallest absolute Gasteiger partial charge is 0.143 e. The Morgan fingerprint density at radius 1 is 0.422 bits per heavy atom. The van der Waals surface area contributed by atoms with Crippen molar-refractivity contribution in [2.75, 3.05) is 4.90 Å². The van der Waals surface area contributed by atoms with Crippen LogP contribution < -0.4 is 4.90 Å². The van der Waals surface area contributed by atoms with Crippen LogP contribution in [0.15, 0.2) is 217 Å². The SMILES string of the molecule is CC1(C)c2ccccc2-c2cccc(-c3ccc(N(c4ccc(-c5cccc6c5sc5ccccc56)cc4)c4cccc(-c5cccc6oc7c8ccccc8ccc7c56)c4)cc3)c21. The lowest BCUT2D eigenvalue weighted by Gasteiger charge is -2.27. The summed E-state index contributed by atoms with van der Waals surface area (Å²) in [5.41, 5.74) is 17.7. The minimum Gasteiger partial charge on any atom is -0.455 e. The molecular formula is C61H41NOS. The summed E-state index contributed by atoms with van der Waals surface area (Å²) in [6.45, 7) is 4.73. The van der Waals surface area contributed by atoms with Gasteiger partial charge in [0.1, 0.15) is 11.2 Å². The molecule has 12 aromatic rings. The van der Waals surface area contributed by atoms with Crippen LogP contribution in [0.2, 0.25) is 0 Å². The van der Waals surface area contributed by atoms with Gasteiger partial charge in [0.25, 0.3) is 0 Å². The molecule has 1 aliphatic carbocycles. The Morgan fingerprint density at radius 3 is 1.89 bits per heavy atom. The number of fused-ring (bicyclic) bond motifs is 11. The molecule has 1 aliphatic rings. The first-order chi connectivity index (χ1) is 31.5. The predicted octanol–water partition coefficient (Wildman–Crippen LogP) is 17.9. The number of hydrogen-bond acceptors (Lipinski definition) is 3. The van der Waals surface area contributed by atoms with Crippen LogP contribution >= 0.6 is 11.3 Å². The summed E-state index contributed by atoms with van der Waals surface area (Å²) in [6.07, 6.45) is 0. The molecule has 13 rings (SSSR count). The van der Waals surface area contributed by atoms with Crippen LogP contribution in [-0.2, 0) is 5.41 Å². The zero-order valence-electron chi connectivity index (χ0n) is 35.5. The van der Waals surface area contributed by atoms with E-state index in [1.165, 1.54) is 70.1 Å². The van der Waals surface area contributed by atoms with Crippen molar-refractivity contribution < 1.29 is 4.42 Å². The van der Waals surface area contributed by atoms with Gasteiger partial charge >= 0.3 is 0 Å². The Kier molecular flexibility index (Phi) is 8.16. The first-order valence-corrected chi connectivity index (χ1v) is 22.9. The van der Waals surface area contributed by atoms with E-state index in [2.05, 4.69) is 231 Å². The summed E-state index contributed by atoms with van der Waals surface area (Å²) in [5.74, 6) is 0. The van der Waals surface area contributed by atoms with E-state index < -0.39 is 0 Å². The standard InChI is InChI=1S/C61H41NOS/c1-61(2)54-24-7-5-17-49(54)51-22-10-20-46(58(51)61)39-27-32-42(33-28-39)62(43-34-29-40(30-35-43)48-21-11-23-52-50-18-6-8-26-56(50)64-60(48)52)44-15-9-14-41(37-44)45-19-12-25-55-57(45)53-36-31-38-13-3-4-16-47(38)59(53)63-55/h3-37H,1-2H3. The van der Waals surface area contributed by atoms with E-state index in [9.17, 15) is 0 Å². The summed E-state index contributed by atoms with van der Waals surface area (Å²) < 4.78 is 9.27. The molecule has 0 spiro atoms. The number of furan rings is 1. The van der Waals surface area contributed by atoms with Crippen molar-refractivity contribution in [3.63, 3.8) is 0 Å². The van der Waals surface area contributed by atoms with Gasteiger partial charge in [-0.15, -0.1) is 11.3 Å². The molecule has 0 aliphatic heterocycles. The second kappa shape index (κ2) is 14.2. The maximum Gasteiger partial charge on any atom is 0.143 e. The summed E-state index contributed by atoms with van der Waals surface area (Å²) in [6, 6.07) is 77.8. The number of rotatable bonds is 6. The predicted molar refractivity (Wildman–Crippen MR) is 273 cm³/mol. The fourth-order valence-electron chi connectivity index (χ4n) is 10.7. The van der Waals surface area contributed by atoms with Crippen LogP contribution in [0.5, 0.6) is 0 Å². The number of nitrogens with zero attached hydrogens (tertiary/aromatic N) is 1. The van der Waals surface area contributed by atoms with Gasteiger partial charge in [-0.1, -0.05) is 172 Å². The Balaban J connectivity index is 0.948. The van der Waals surface area contributed by atoms with Gasteiger partial charge in [0.15, 0.2) is 0 Å². The average molecular weight is 836 g/mol. The van der Waals surface area contributed by atoms with Gasteiger partial charge in [-0.25, -0.2) is 0 Å². The van der Waals surface area contributed by atoms with Crippen LogP contribution in [0.3, 0.4) is 0 Å². The van der Waals surface area contributed by atoms with Gasteiger partial charge < -0.3 is 9.32 Å². The van der Waals surface area contributed by atoms with E-state index in [4.69, 9.17) is 4.42 Å². The molecule has 0 amide bonds. The normalized spacial score (nSPS) is 13.0. The van der Waals surface area contributed by atoms with Crippen LogP contribution in [0.1, 0.15) is 25.0 Å². The fourth-order valence-corrected chi connectivity index (χ4v) is 11.9. The molecule has 2 nitrogen and oxygen atoms in total. The van der Waals surface area contributed by atoms with Crippen molar-refractivity contribution in [1.82, 2.24) is 0 Å². The monoisotopic (exact) mass is 835 g/mol. The maximum absolute atomic E-state index is 6.63. The van der Waals surface area contributed by atoms with E-state index >= 15 is 0 Å². The highest BCUT2D eigenvalue weighted by Crippen LogP contribution is 2.52. The molecule has 0 unspecified atom stereocenters. The molecule has 0 N–H and O–H groups in total. The van der Waals surface area contributed by atoms with Gasteiger partial charge in [-0.05, 0) is 116 Å². The quantitative estimate of drug-likeness (QED) is 0.166. The van der Waals surface area contributed by atoms with E-state index in [1.807, 2.05) is 11.3 Å². The maximum atomic E-state index is 6.63. The Labute approximate surface area is 375 Å². The third-order valence-electron chi connectivity index (χ3n) is 13.7. The van der Waals surface area contributed by atoms with E-state index in [0.717, 1.165) is 55.5 Å². The largest absolute Gasteiger partial charge is 0.455 e. The number of benzene rings is 10. The molecule has 0 bridgehead atoms. The molecular weight excluding hydrogens is 795 g/mol. The van der Waals surface area contributed by atoms with Gasteiger partial charge in [0.05, 0.1) is 0 Å². The van der Waals surface area contributed by atoms with Crippen molar-refractivity contribution in [3.05, 3.63) is 223 Å². The average Bonchev–Trinajstić information content (AvgIpc) is 4.00. The van der Waals surface area contributed by atoms with E-state index in [0.29, 0.717) is 0 Å². The highest BCUT2D eigenvalue weighted by atomic mass is 32.1. The molecule has 0 radical (unpaired) electrons. The second-order valence-corrected chi connectivity index (χ2v) is 18.7. The first kappa shape index (κ1) is 36.9. The summed E-state index contributed by atoms with van der Waals surface area (Å²) in [7, 11) is 0. The molecule has 0 saturated heterocycles. The Hall–Kier alpha value is -7.72. The minimum absolute atomic E-state index is 0.105. The zero-order valence-corrected chi connectivity index (χ0v) is 36.3. The third-order valence-corrected chi connectivity index (χ3v) is 14.9. The van der Waals surface area contributed by atoms with Gasteiger partial charge in [-0.2, -0.15) is 0 Å². The molecule has 3 heteroatoms. The molecule has 302 valence electrons. The number of anilines is 3. The lowest BCUT2D eigenvalue weighted by atomic mass is 9.79. The molecule has 0 fully saturated rings. The van der Waals surface area contributed by atoms with Gasteiger partial charge in [-0.3, -0.25) is 0 Å². The third kappa shape index (κ3) is 5.57. The lowest BCUT2D eigenvalue weighted by molar-refractivity contribution is 0.662. The van der Waals surface area contributed by atoms with Crippen LogP contribution in [0, 0.1) is 0 Å². The van der Waals surface area contributed by atoms with Crippen molar-refractivity contribution in [1.29, 1.82) is 0 Å². The van der Waals surface area contributed by atoms with E-state index in [-0.39, 0.29) is 5.41 Å². The molecule has 0 saturated carbocycles. The van der Waals surface area contributed by atoms with Crippen LogP contribution in [0.4, 0.5) is 17.1 Å². The van der Waals surface area contributed by atoms with Crippen LogP contribution in [-0.4, -0.2) is 0 Å². The molecule has 2 heterocycles. The number of hydrogen-bond donors (Lipinski definition) is 0.